The predicted molar refractivity (Wildman–Crippen MR) is 71.3 cm³/mol. The third-order valence-corrected chi connectivity index (χ3v) is 3.50. The zero-order valence-electron chi connectivity index (χ0n) is 11.9. The molecular weight excluding hydrogens is 248 g/mol. The van der Waals surface area contributed by atoms with Crippen molar-refractivity contribution in [2.24, 2.45) is 11.1 Å². The molecule has 0 aromatic carbocycles. The highest BCUT2D eigenvalue weighted by Crippen LogP contribution is 2.23. The van der Waals surface area contributed by atoms with Crippen LogP contribution in [-0.4, -0.2) is 40.9 Å². The van der Waals surface area contributed by atoms with E-state index in [1.165, 1.54) is 4.90 Å². The van der Waals surface area contributed by atoms with Gasteiger partial charge in [-0.15, -0.1) is 0 Å². The standard InChI is InChI=1S/C12H22N2O2.CH2O2/c1-4-12(2,3)10(15)11(16)14-8-6-5-7-9(14)13;2-1-3/h9H,4-8,13H2,1-3H3;1H,(H,2,3). The normalized spacial score (nSPS) is 19.2. The van der Waals surface area contributed by atoms with Gasteiger partial charge in [-0.2, -0.15) is 0 Å². The maximum absolute atomic E-state index is 12.0. The number of likely N-dealkylation sites (tertiary alicyclic amines) is 1. The van der Waals surface area contributed by atoms with Crippen molar-refractivity contribution >= 4 is 18.2 Å². The maximum Gasteiger partial charge on any atom is 0.291 e. The summed E-state index contributed by atoms with van der Waals surface area (Å²) in [6, 6.07) is 0. The SMILES string of the molecule is CCC(C)(C)C(=O)C(=O)N1CCCCC1N.O=CO. The second kappa shape index (κ2) is 7.89. The summed E-state index contributed by atoms with van der Waals surface area (Å²) in [7, 11) is 0. The molecule has 0 aliphatic carbocycles. The van der Waals surface area contributed by atoms with Crippen LogP contribution in [-0.2, 0) is 14.4 Å². The van der Waals surface area contributed by atoms with E-state index in [1.807, 2.05) is 20.8 Å². The van der Waals surface area contributed by atoms with E-state index in [-0.39, 0.29) is 18.4 Å². The van der Waals surface area contributed by atoms with E-state index in [2.05, 4.69) is 0 Å². The molecule has 0 aromatic heterocycles. The summed E-state index contributed by atoms with van der Waals surface area (Å²) in [6.45, 7) is 5.90. The number of nitrogens with zero attached hydrogens (tertiary/aromatic N) is 1. The molecule has 1 rings (SSSR count). The average Bonchev–Trinajstić information content (AvgIpc) is 2.38. The van der Waals surface area contributed by atoms with Crippen LogP contribution in [0.25, 0.3) is 0 Å². The van der Waals surface area contributed by atoms with Crippen molar-refractivity contribution in [2.75, 3.05) is 6.54 Å². The van der Waals surface area contributed by atoms with Crippen LogP contribution < -0.4 is 5.73 Å². The van der Waals surface area contributed by atoms with Gasteiger partial charge in [0.05, 0.1) is 6.17 Å². The molecule has 1 unspecified atom stereocenters. The lowest BCUT2D eigenvalue weighted by molar-refractivity contribution is -0.151. The zero-order chi connectivity index (χ0) is 15.1. The maximum atomic E-state index is 12.0. The Morgan fingerprint density at radius 1 is 1.42 bits per heavy atom. The molecule has 6 heteroatoms. The number of amides is 1. The first kappa shape index (κ1) is 17.6. The summed E-state index contributed by atoms with van der Waals surface area (Å²) in [5.74, 6) is -0.716. The molecule has 6 nitrogen and oxygen atoms in total. The first-order valence-corrected chi connectivity index (χ1v) is 6.50. The minimum absolute atomic E-state index is 0.250. The van der Waals surface area contributed by atoms with Crippen molar-refractivity contribution in [2.45, 2.75) is 52.6 Å². The van der Waals surface area contributed by atoms with Crippen LogP contribution in [0.5, 0.6) is 0 Å². The number of hydrogen-bond donors (Lipinski definition) is 2. The number of ketones is 1. The van der Waals surface area contributed by atoms with Gasteiger partial charge in [0.25, 0.3) is 12.4 Å². The largest absolute Gasteiger partial charge is 0.483 e. The zero-order valence-corrected chi connectivity index (χ0v) is 11.9. The molecule has 3 N–H and O–H groups in total. The van der Waals surface area contributed by atoms with Crippen LogP contribution in [0.1, 0.15) is 46.5 Å². The first-order valence-electron chi connectivity index (χ1n) is 6.50. The number of piperidine rings is 1. The van der Waals surface area contributed by atoms with E-state index in [9.17, 15) is 9.59 Å². The second-order valence-electron chi connectivity index (χ2n) is 5.23. The monoisotopic (exact) mass is 272 g/mol. The van der Waals surface area contributed by atoms with Crippen LogP contribution in [0, 0.1) is 5.41 Å². The van der Waals surface area contributed by atoms with Crippen molar-refractivity contribution in [3.63, 3.8) is 0 Å². The van der Waals surface area contributed by atoms with Crippen LogP contribution in [0.15, 0.2) is 0 Å². The van der Waals surface area contributed by atoms with Crippen LogP contribution in [0.4, 0.5) is 0 Å². The van der Waals surface area contributed by atoms with Crippen LogP contribution >= 0.6 is 0 Å². The smallest absolute Gasteiger partial charge is 0.291 e. The van der Waals surface area contributed by atoms with Gasteiger partial charge in [-0.25, -0.2) is 0 Å². The number of nitrogens with two attached hydrogens (primary N) is 1. The summed E-state index contributed by atoms with van der Waals surface area (Å²) >= 11 is 0. The van der Waals surface area contributed by atoms with Gasteiger partial charge in [0, 0.05) is 12.0 Å². The molecule has 1 saturated heterocycles. The van der Waals surface area contributed by atoms with Gasteiger partial charge >= 0.3 is 0 Å². The fraction of sp³-hybridized carbons (Fsp3) is 0.769. The Morgan fingerprint density at radius 3 is 2.37 bits per heavy atom. The minimum atomic E-state index is -0.575. The molecule has 0 bridgehead atoms. The molecule has 1 atom stereocenters. The molecule has 0 saturated carbocycles. The molecule has 1 fully saturated rings. The Labute approximate surface area is 113 Å². The number of carboxylic acid groups (broad SMARTS) is 1. The highest BCUT2D eigenvalue weighted by atomic mass is 16.3. The number of carbonyl (C=O) groups is 3. The molecule has 110 valence electrons. The van der Waals surface area contributed by atoms with E-state index in [4.69, 9.17) is 15.6 Å². The Morgan fingerprint density at radius 2 is 1.95 bits per heavy atom. The molecule has 1 aliphatic heterocycles. The topological polar surface area (TPSA) is 101 Å². The number of rotatable bonds is 3. The third kappa shape index (κ3) is 4.98. The lowest BCUT2D eigenvalue weighted by Gasteiger charge is -2.34. The highest BCUT2D eigenvalue weighted by molar-refractivity contribution is 6.37. The van der Waals surface area contributed by atoms with Gasteiger partial charge in [0.15, 0.2) is 0 Å². The van der Waals surface area contributed by atoms with E-state index in [1.54, 1.807) is 0 Å². The Hall–Kier alpha value is -1.43. The van der Waals surface area contributed by atoms with E-state index in [0.717, 1.165) is 19.3 Å². The summed E-state index contributed by atoms with van der Waals surface area (Å²) < 4.78 is 0. The molecule has 0 spiro atoms. The van der Waals surface area contributed by atoms with Gasteiger partial charge in [-0.3, -0.25) is 14.4 Å². The average molecular weight is 272 g/mol. The van der Waals surface area contributed by atoms with Gasteiger partial charge in [0.1, 0.15) is 0 Å². The van der Waals surface area contributed by atoms with Crippen molar-refractivity contribution in [3.05, 3.63) is 0 Å². The van der Waals surface area contributed by atoms with Crippen molar-refractivity contribution < 1.29 is 19.5 Å². The van der Waals surface area contributed by atoms with Crippen molar-refractivity contribution in [3.8, 4) is 0 Å². The molecule has 19 heavy (non-hydrogen) atoms. The minimum Gasteiger partial charge on any atom is -0.483 e. The number of hydrogen-bond acceptors (Lipinski definition) is 4. The predicted octanol–water partition coefficient (Wildman–Crippen LogP) is 0.990. The fourth-order valence-electron chi connectivity index (χ4n) is 1.79. The second-order valence-corrected chi connectivity index (χ2v) is 5.23. The van der Waals surface area contributed by atoms with Crippen LogP contribution in [0.3, 0.4) is 0 Å². The summed E-state index contributed by atoms with van der Waals surface area (Å²) in [6.07, 6.45) is 3.17. The van der Waals surface area contributed by atoms with E-state index < -0.39 is 11.3 Å². The van der Waals surface area contributed by atoms with E-state index >= 15 is 0 Å². The molecular formula is C13H24N2O4. The summed E-state index contributed by atoms with van der Waals surface area (Å²) in [5, 5.41) is 6.89. The quantitative estimate of drug-likeness (QED) is 0.589. The Bertz CT molecular complexity index is 329. The van der Waals surface area contributed by atoms with E-state index in [0.29, 0.717) is 13.0 Å². The highest BCUT2D eigenvalue weighted by Gasteiger charge is 2.36. The Kier molecular flexibility index (Phi) is 7.29. The number of Topliss-reactive ketones (excluding diaryl/α,β-unsaturated/α-hetero) is 1. The molecule has 0 aromatic rings. The van der Waals surface area contributed by atoms with Gasteiger partial charge in [-0.1, -0.05) is 20.8 Å². The molecule has 1 heterocycles. The summed E-state index contributed by atoms with van der Waals surface area (Å²) in [5.41, 5.74) is 5.28. The Balaban J connectivity index is 0.000000982. The number of carbonyl (C=O) groups excluding carboxylic acids is 2. The molecule has 1 amide bonds. The fourth-order valence-corrected chi connectivity index (χ4v) is 1.79. The van der Waals surface area contributed by atoms with Crippen molar-refractivity contribution in [1.29, 1.82) is 0 Å². The lowest BCUT2D eigenvalue weighted by atomic mass is 9.84. The summed E-state index contributed by atoms with van der Waals surface area (Å²) in [4.78, 5) is 33.9. The van der Waals surface area contributed by atoms with Gasteiger partial charge in [0.2, 0.25) is 5.78 Å². The first-order chi connectivity index (χ1) is 8.81. The van der Waals surface area contributed by atoms with Gasteiger partial charge < -0.3 is 15.7 Å². The van der Waals surface area contributed by atoms with Crippen LogP contribution in [0.2, 0.25) is 0 Å². The van der Waals surface area contributed by atoms with Crippen molar-refractivity contribution in [1.82, 2.24) is 4.90 Å². The molecule has 0 radical (unpaired) electrons. The third-order valence-electron chi connectivity index (χ3n) is 3.50. The molecule has 1 aliphatic rings. The van der Waals surface area contributed by atoms with Gasteiger partial charge in [-0.05, 0) is 25.7 Å². The lowest BCUT2D eigenvalue weighted by Crippen LogP contribution is -2.53.